The van der Waals surface area contributed by atoms with Crippen molar-refractivity contribution in [1.29, 1.82) is 0 Å². The second kappa shape index (κ2) is 6.30. The highest BCUT2D eigenvalue weighted by molar-refractivity contribution is 5.86. The number of hydrogen-bond donors (Lipinski definition) is 1. The van der Waals surface area contributed by atoms with E-state index < -0.39 is 6.04 Å². The molecule has 1 amide bonds. The lowest BCUT2D eigenvalue weighted by Crippen LogP contribution is -2.42. The molecule has 90 valence electrons. The highest BCUT2D eigenvalue weighted by Gasteiger charge is 2.32. The second-order valence-corrected chi connectivity index (χ2v) is 4.08. The number of rotatable bonds is 7. The van der Waals surface area contributed by atoms with Crippen LogP contribution in [-0.4, -0.2) is 25.0 Å². The van der Waals surface area contributed by atoms with Gasteiger partial charge in [0.15, 0.2) is 0 Å². The molecule has 4 heteroatoms. The number of methoxy groups -OCH3 is 1. The topological polar surface area (TPSA) is 55.4 Å². The van der Waals surface area contributed by atoms with Crippen molar-refractivity contribution < 1.29 is 14.3 Å². The molecule has 0 radical (unpaired) electrons. The molecule has 1 fully saturated rings. The molecule has 1 aliphatic rings. The van der Waals surface area contributed by atoms with Gasteiger partial charge in [0, 0.05) is 5.92 Å². The smallest absolute Gasteiger partial charge is 0.328 e. The molecule has 0 heterocycles. The first-order valence-electron chi connectivity index (χ1n) is 5.68. The summed E-state index contributed by atoms with van der Waals surface area (Å²) in [6.07, 6.45) is 5.95. The molecule has 0 unspecified atom stereocenters. The van der Waals surface area contributed by atoms with Crippen molar-refractivity contribution in [2.75, 3.05) is 7.11 Å². The number of esters is 1. The summed E-state index contributed by atoms with van der Waals surface area (Å²) in [5.74, 6) is -0.265. The maximum Gasteiger partial charge on any atom is 0.328 e. The molecule has 1 aliphatic carbocycles. The molecule has 1 rings (SSSR count). The maximum absolute atomic E-state index is 11.5. The largest absolute Gasteiger partial charge is 0.467 e. The number of carbonyl (C=O) groups excluding carboxylic acids is 2. The van der Waals surface area contributed by atoms with Crippen LogP contribution in [0.4, 0.5) is 0 Å². The number of unbranched alkanes of at least 4 members (excludes halogenated alkanes) is 1. The van der Waals surface area contributed by atoms with Gasteiger partial charge in [-0.1, -0.05) is 6.08 Å². The Kier molecular flexibility index (Phi) is 5.02. The minimum Gasteiger partial charge on any atom is -0.467 e. The molecule has 0 aliphatic heterocycles. The van der Waals surface area contributed by atoms with E-state index in [4.69, 9.17) is 0 Å². The Hall–Kier alpha value is -1.32. The Balaban J connectivity index is 2.38. The minimum absolute atomic E-state index is 0.0194. The molecule has 4 nitrogen and oxygen atoms in total. The lowest BCUT2D eigenvalue weighted by Gasteiger charge is -2.15. The van der Waals surface area contributed by atoms with Crippen LogP contribution in [0.15, 0.2) is 12.7 Å². The van der Waals surface area contributed by atoms with Gasteiger partial charge in [0.25, 0.3) is 0 Å². The van der Waals surface area contributed by atoms with Crippen LogP contribution in [0.25, 0.3) is 0 Å². The van der Waals surface area contributed by atoms with Crippen LogP contribution >= 0.6 is 0 Å². The number of ether oxygens (including phenoxy) is 1. The van der Waals surface area contributed by atoms with Gasteiger partial charge in [0.2, 0.25) is 5.91 Å². The Bertz CT molecular complexity index is 271. The third-order valence-corrected chi connectivity index (χ3v) is 2.65. The van der Waals surface area contributed by atoms with E-state index in [1.165, 1.54) is 7.11 Å². The summed E-state index contributed by atoms with van der Waals surface area (Å²) >= 11 is 0. The zero-order valence-corrected chi connectivity index (χ0v) is 9.70. The highest BCUT2D eigenvalue weighted by Crippen LogP contribution is 2.29. The molecule has 1 atom stereocenters. The predicted molar refractivity (Wildman–Crippen MR) is 60.7 cm³/mol. The summed E-state index contributed by atoms with van der Waals surface area (Å²) in [6, 6.07) is -0.502. The second-order valence-electron chi connectivity index (χ2n) is 4.08. The Morgan fingerprint density at radius 1 is 1.56 bits per heavy atom. The monoisotopic (exact) mass is 225 g/mol. The lowest BCUT2D eigenvalue weighted by atomic mass is 10.1. The van der Waals surface area contributed by atoms with Crippen LogP contribution in [0.5, 0.6) is 0 Å². The standard InChI is InChI=1S/C12H19NO3/c1-3-4-5-6-10(12(15)16-2)13-11(14)9-7-8-9/h3,9-10H,1,4-8H2,2H3,(H,13,14)/t10-/m0/s1. The highest BCUT2D eigenvalue weighted by atomic mass is 16.5. The van der Waals surface area contributed by atoms with E-state index >= 15 is 0 Å². The van der Waals surface area contributed by atoms with Crippen LogP contribution in [0.2, 0.25) is 0 Å². The third-order valence-electron chi connectivity index (χ3n) is 2.65. The van der Waals surface area contributed by atoms with E-state index in [0.717, 1.165) is 25.7 Å². The van der Waals surface area contributed by atoms with Crippen LogP contribution in [0.1, 0.15) is 32.1 Å². The number of nitrogens with one attached hydrogen (secondary N) is 1. The van der Waals surface area contributed by atoms with Crippen molar-refractivity contribution in [3.05, 3.63) is 12.7 Å². The molecule has 1 saturated carbocycles. The van der Waals surface area contributed by atoms with E-state index in [2.05, 4.69) is 16.6 Å². The van der Waals surface area contributed by atoms with Gasteiger partial charge >= 0.3 is 5.97 Å². The average molecular weight is 225 g/mol. The summed E-state index contributed by atoms with van der Waals surface area (Å²) in [5.41, 5.74) is 0. The van der Waals surface area contributed by atoms with Gasteiger partial charge in [-0.05, 0) is 32.1 Å². The van der Waals surface area contributed by atoms with Crippen molar-refractivity contribution in [1.82, 2.24) is 5.32 Å². The van der Waals surface area contributed by atoms with E-state index in [0.29, 0.717) is 6.42 Å². The maximum atomic E-state index is 11.5. The zero-order chi connectivity index (χ0) is 12.0. The van der Waals surface area contributed by atoms with Gasteiger partial charge in [-0.2, -0.15) is 0 Å². The minimum atomic E-state index is -0.502. The van der Waals surface area contributed by atoms with Crippen LogP contribution < -0.4 is 5.32 Å². The summed E-state index contributed by atoms with van der Waals surface area (Å²) in [6.45, 7) is 3.62. The summed E-state index contributed by atoms with van der Waals surface area (Å²) < 4.78 is 4.66. The fourth-order valence-corrected chi connectivity index (χ4v) is 1.49. The summed E-state index contributed by atoms with van der Waals surface area (Å²) in [5, 5.41) is 2.74. The number of amides is 1. The van der Waals surface area contributed by atoms with Gasteiger partial charge in [0.05, 0.1) is 7.11 Å². The van der Waals surface area contributed by atoms with Gasteiger partial charge in [0.1, 0.15) is 6.04 Å². The first-order valence-corrected chi connectivity index (χ1v) is 5.68. The molecule has 0 saturated heterocycles. The van der Waals surface area contributed by atoms with E-state index in [-0.39, 0.29) is 17.8 Å². The van der Waals surface area contributed by atoms with Crippen LogP contribution in [-0.2, 0) is 14.3 Å². The van der Waals surface area contributed by atoms with Gasteiger partial charge in [-0.15, -0.1) is 6.58 Å². The van der Waals surface area contributed by atoms with Crippen molar-refractivity contribution >= 4 is 11.9 Å². The Morgan fingerprint density at radius 2 is 2.25 bits per heavy atom. The average Bonchev–Trinajstić information content (AvgIpc) is 3.10. The molecule has 0 aromatic carbocycles. The van der Waals surface area contributed by atoms with Crippen molar-refractivity contribution in [3.63, 3.8) is 0 Å². The SMILES string of the molecule is C=CCCC[C@H](NC(=O)C1CC1)C(=O)OC. The summed E-state index contributed by atoms with van der Waals surface area (Å²) in [7, 11) is 1.34. The molecule has 0 aromatic rings. The lowest BCUT2D eigenvalue weighted by molar-refractivity contribution is -0.145. The van der Waals surface area contributed by atoms with Gasteiger partial charge < -0.3 is 10.1 Å². The van der Waals surface area contributed by atoms with Crippen molar-refractivity contribution in [3.8, 4) is 0 Å². The zero-order valence-electron chi connectivity index (χ0n) is 9.70. The number of allylic oxidation sites excluding steroid dienone is 1. The molecular weight excluding hydrogens is 206 g/mol. The van der Waals surface area contributed by atoms with E-state index in [1.54, 1.807) is 6.08 Å². The molecule has 16 heavy (non-hydrogen) atoms. The Morgan fingerprint density at radius 3 is 2.75 bits per heavy atom. The first kappa shape index (κ1) is 12.7. The summed E-state index contributed by atoms with van der Waals surface area (Å²) in [4.78, 5) is 23.0. The fourth-order valence-electron chi connectivity index (χ4n) is 1.49. The fraction of sp³-hybridized carbons (Fsp3) is 0.667. The molecule has 1 N–H and O–H groups in total. The molecular formula is C12H19NO3. The Labute approximate surface area is 96.0 Å². The number of carbonyl (C=O) groups is 2. The van der Waals surface area contributed by atoms with Crippen LogP contribution in [0.3, 0.4) is 0 Å². The van der Waals surface area contributed by atoms with E-state index in [9.17, 15) is 9.59 Å². The van der Waals surface area contributed by atoms with Gasteiger partial charge in [-0.3, -0.25) is 4.79 Å². The molecule has 0 spiro atoms. The first-order chi connectivity index (χ1) is 7.69. The van der Waals surface area contributed by atoms with Crippen molar-refractivity contribution in [2.24, 2.45) is 5.92 Å². The molecule has 0 aromatic heterocycles. The molecule has 0 bridgehead atoms. The van der Waals surface area contributed by atoms with Gasteiger partial charge in [-0.25, -0.2) is 4.79 Å². The van der Waals surface area contributed by atoms with E-state index in [1.807, 2.05) is 0 Å². The quantitative estimate of drug-likeness (QED) is 0.405. The van der Waals surface area contributed by atoms with Crippen LogP contribution in [0, 0.1) is 5.92 Å². The third kappa shape index (κ3) is 4.04. The predicted octanol–water partition coefficient (Wildman–Crippen LogP) is 1.41. The number of hydrogen-bond acceptors (Lipinski definition) is 3. The normalized spacial score (nSPS) is 16.3. The van der Waals surface area contributed by atoms with Crippen molar-refractivity contribution in [2.45, 2.75) is 38.1 Å².